The number of halogens is 1. The van der Waals surface area contributed by atoms with Crippen molar-refractivity contribution in [1.29, 1.82) is 0 Å². The van der Waals surface area contributed by atoms with E-state index in [1.54, 1.807) is 6.92 Å². The molecule has 0 atom stereocenters. The SMILES string of the molecule is CCOC(=O)c1c(NC(C)=O)c(NC(C)=O)nn1-c1cccc(F)c1. The normalized spacial score (nSPS) is 10.2. The number of amides is 2. The first-order valence-corrected chi connectivity index (χ1v) is 7.44. The number of carbonyl (C=O) groups excluding carboxylic acids is 3. The van der Waals surface area contributed by atoms with E-state index < -0.39 is 23.6 Å². The lowest BCUT2D eigenvalue weighted by molar-refractivity contribution is -0.115. The second kappa shape index (κ2) is 7.56. The highest BCUT2D eigenvalue weighted by molar-refractivity contribution is 6.05. The number of rotatable bonds is 5. The maximum Gasteiger partial charge on any atom is 0.359 e. The Labute approximate surface area is 143 Å². The third-order valence-corrected chi connectivity index (χ3v) is 3.00. The highest BCUT2D eigenvalue weighted by Gasteiger charge is 2.27. The number of ether oxygens (including phenoxy) is 1. The molecule has 0 spiro atoms. The fourth-order valence-corrected chi connectivity index (χ4v) is 2.15. The highest BCUT2D eigenvalue weighted by Crippen LogP contribution is 2.29. The van der Waals surface area contributed by atoms with Crippen molar-refractivity contribution in [2.24, 2.45) is 0 Å². The molecule has 25 heavy (non-hydrogen) atoms. The molecule has 1 aromatic heterocycles. The molecular formula is C16H17FN4O4. The number of nitrogens with zero attached hydrogens (tertiary/aromatic N) is 2. The van der Waals surface area contributed by atoms with Crippen molar-refractivity contribution in [2.75, 3.05) is 17.2 Å². The molecule has 0 aliphatic heterocycles. The van der Waals surface area contributed by atoms with E-state index in [1.165, 1.54) is 32.0 Å². The second-order valence-corrected chi connectivity index (χ2v) is 5.05. The molecule has 0 aliphatic carbocycles. The van der Waals surface area contributed by atoms with Crippen LogP contribution in [0.5, 0.6) is 0 Å². The molecule has 2 aromatic rings. The second-order valence-electron chi connectivity index (χ2n) is 5.05. The van der Waals surface area contributed by atoms with Crippen LogP contribution in [-0.4, -0.2) is 34.2 Å². The summed E-state index contributed by atoms with van der Waals surface area (Å²) in [4.78, 5) is 35.3. The van der Waals surface area contributed by atoms with Crippen LogP contribution in [0.15, 0.2) is 24.3 Å². The van der Waals surface area contributed by atoms with Gasteiger partial charge < -0.3 is 15.4 Å². The molecule has 0 saturated heterocycles. The maximum absolute atomic E-state index is 13.6. The van der Waals surface area contributed by atoms with Crippen LogP contribution in [0.3, 0.4) is 0 Å². The van der Waals surface area contributed by atoms with Crippen LogP contribution in [0.25, 0.3) is 5.69 Å². The lowest BCUT2D eigenvalue weighted by atomic mass is 10.2. The van der Waals surface area contributed by atoms with Gasteiger partial charge >= 0.3 is 5.97 Å². The van der Waals surface area contributed by atoms with Crippen molar-refractivity contribution in [2.45, 2.75) is 20.8 Å². The first-order chi connectivity index (χ1) is 11.8. The molecule has 0 saturated carbocycles. The number of aromatic nitrogens is 2. The topological polar surface area (TPSA) is 102 Å². The number of hydrogen-bond acceptors (Lipinski definition) is 5. The van der Waals surface area contributed by atoms with Crippen LogP contribution in [0, 0.1) is 5.82 Å². The summed E-state index contributed by atoms with van der Waals surface area (Å²) < 4.78 is 19.7. The molecule has 9 heteroatoms. The van der Waals surface area contributed by atoms with Crippen LogP contribution in [0.4, 0.5) is 15.9 Å². The molecule has 8 nitrogen and oxygen atoms in total. The number of esters is 1. The molecular weight excluding hydrogens is 331 g/mol. The average Bonchev–Trinajstić information content (AvgIpc) is 2.84. The molecule has 132 valence electrons. The van der Waals surface area contributed by atoms with E-state index in [0.717, 1.165) is 10.7 Å². The van der Waals surface area contributed by atoms with E-state index >= 15 is 0 Å². The lowest BCUT2D eigenvalue weighted by Crippen LogP contribution is -2.16. The summed E-state index contributed by atoms with van der Waals surface area (Å²) in [5.41, 5.74) is 0.0723. The standard InChI is InChI=1S/C16H17FN4O4/c1-4-25-16(24)14-13(18-9(2)22)15(19-10(3)23)20-21(14)12-7-5-6-11(17)8-12/h5-8H,4H2,1-3H3,(H,18,22)(H,19,20,23). The Bertz CT molecular complexity index is 832. The van der Waals surface area contributed by atoms with E-state index in [4.69, 9.17) is 4.74 Å². The van der Waals surface area contributed by atoms with Gasteiger partial charge in [0.25, 0.3) is 0 Å². The van der Waals surface area contributed by atoms with Gasteiger partial charge in [0.2, 0.25) is 11.8 Å². The monoisotopic (exact) mass is 348 g/mol. The van der Waals surface area contributed by atoms with Gasteiger partial charge in [-0.3, -0.25) is 9.59 Å². The van der Waals surface area contributed by atoms with Crippen LogP contribution >= 0.6 is 0 Å². The summed E-state index contributed by atoms with van der Waals surface area (Å²) in [6, 6.07) is 5.36. The Hall–Kier alpha value is -3.23. The molecule has 0 aliphatic rings. The summed E-state index contributed by atoms with van der Waals surface area (Å²) in [6.07, 6.45) is 0. The first-order valence-electron chi connectivity index (χ1n) is 7.44. The first kappa shape index (κ1) is 18.1. The largest absolute Gasteiger partial charge is 0.461 e. The van der Waals surface area contributed by atoms with E-state index in [2.05, 4.69) is 15.7 Å². The van der Waals surface area contributed by atoms with Crippen molar-refractivity contribution in [3.05, 3.63) is 35.8 Å². The fourth-order valence-electron chi connectivity index (χ4n) is 2.15. The predicted molar refractivity (Wildman–Crippen MR) is 88.1 cm³/mol. The van der Waals surface area contributed by atoms with Gasteiger partial charge in [0, 0.05) is 13.8 Å². The molecule has 0 bridgehead atoms. The molecule has 1 heterocycles. The molecule has 0 radical (unpaired) electrons. The Morgan fingerprint density at radius 1 is 1.20 bits per heavy atom. The average molecular weight is 348 g/mol. The van der Waals surface area contributed by atoms with Gasteiger partial charge in [-0.25, -0.2) is 13.9 Å². The number of benzene rings is 1. The van der Waals surface area contributed by atoms with Gasteiger partial charge in [0.05, 0.1) is 12.3 Å². The quantitative estimate of drug-likeness (QED) is 0.806. The zero-order chi connectivity index (χ0) is 18.6. The van der Waals surface area contributed by atoms with Gasteiger partial charge in [0.15, 0.2) is 11.5 Å². The van der Waals surface area contributed by atoms with Crippen LogP contribution in [-0.2, 0) is 14.3 Å². The fraction of sp³-hybridized carbons (Fsp3) is 0.250. The van der Waals surface area contributed by atoms with E-state index in [0.29, 0.717) is 0 Å². The molecule has 1 aromatic carbocycles. The number of anilines is 2. The molecule has 2 rings (SSSR count). The Kier molecular flexibility index (Phi) is 5.48. The summed E-state index contributed by atoms with van der Waals surface area (Å²) in [5.74, 6) is -2.29. The third kappa shape index (κ3) is 4.19. The Morgan fingerprint density at radius 2 is 1.88 bits per heavy atom. The third-order valence-electron chi connectivity index (χ3n) is 3.00. The van der Waals surface area contributed by atoms with E-state index in [9.17, 15) is 18.8 Å². The van der Waals surface area contributed by atoms with Crippen molar-refractivity contribution < 1.29 is 23.5 Å². The predicted octanol–water partition coefficient (Wildman–Crippen LogP) is 2.10. The summed E-state index contributed by atoms with van der Waals surface area (Å²) in [7, 11) is 0. The van der Waals surface area contributed by atoms with Crippen molar-refractivity contribution in [3.63, 3.8) is 0 Å². The highest BCUT2D eigenvalue weighted by atomic mass is 19.1. The lowest BCUT2D eigenvalue weighted by Gasteiger charge is -2.09. The minimum Gasteiger partial charge on any atom is -0.461 e. The van der Waals surface area contributed by atoms with Gasteiger partial charge in [-0.2, -0.15) is 0 Å². The minimum atomic E-state index is -0.778. The molecule has 2 amide bonds. The summed E-state index contributed by atoms with van der Waals surface area (Å²) in [6.45, 7) is 4.20. The Morgan fingerprint density at radius 3 is 2.44 bits per heavy atom. The van der Waals surface area contributed by atoms with Gasteiger partial charge in [-0.1, -0.05) is 6.07 Å². The van der Waals surface area contributed by atoms with Crippen LogP contribution in [0.2, 0.25) is 0 Å². The number of carbonyl (C=O) groups is 3. The van der Waals surface area contributed by atoms with Crippen molar-refractivity contribution in [3.8, 4) is 5.69 Å². The molecule has 0 unspecified atom stereocenters. The van der Waals surface area contributed by atoms with Crippen LogP contribution in [0.1, 0.15) is 31.3 Å². The van der Waals surface area contributed by atoms with Crippen molar-refractivity contribution >= 4 is 29.3 Å². The van der Waals surface area contributed by atoms with Gasteiger partial charge in [-0.15, -0.1) is 5.10 Å². The molecule has 0 fully saturated rings. The summed E-state index contributed by atoms with van der Waals surface area (Å²) >= 11 is 0. The smallest absolute Gasteiger partial charge is 0.359 e. The van der Waals surface area contributed by atoms with Gasteiger partial charge in [-0.05, 0) is 25.1 Å². The van der Waals surface area contributed by atoms with E-state index in [-0.39, 0.29) is 29.5 Å². The summed E-state index contributed by atoms with van der Waals surface area (Å²) in [5, 5.41) is 9.01. The number of nitrogens with one attached hydrogen (secondary N) is 2. The maximum atomic E-state index is 13.6. The zero-order valence-corrected chi connectivity index (χ0v) is 13.9. The minimum absolute atomic E-state index is 0.0228. The van der Waals surface area contributed by atoms with Crippen molar-refractivity contribution in [1.82, 2.24) is 9.78 Å². The zero-order valence-electron chi connectivity index (χ0n) is 13.9. The van der Waals surface area contributed by atoms with Gasteiger partial charge in [0.1, 0.15) is 11.5 Å². The van der Waals surface area contributed by atoms with Crippen LogP contribution < -0.4 is 10.6 Å². The number of hydrogen-bond donors (Lipinski definition) is 2. The van der Waals surface area contributed by atoms with E-state index in [1.807, 2.05) is 0 Å². The Balaban J connectivity index is 2.71. The molecule has 2 N–H and O–H groups in total.